The lowest BCUT2D eigenvalue weighted by Crippen LogP contribution is -3.00. The van der Waals surface area contributed by atoms with Gasteiger partial charge in [0.05, 0.1) is 14.2 Å². The third kappa shape index (κ3) is 3.27. The molecule has 0 heterocycles. The van der Waals surface area contributed by atoms with Crippen LogP contribution in [-0.2, 0) is 0 Å². The molecule has 0 amide bonds. The third-order valence-corrected chi connectivity index (χ3v) is 2.29. The average molecular weight is 248 g/mol. The molecule has 0 aromatic heterocycles. The van der Waals surface area contributed by atoms with Crippen LogP contribution in [0, 0.1) is 0 Å². The highest BCUT2D eigenvalue weighted by atomic mass is 35.5. The van der Waals surface area contributed by atoms with E-state index in [0.717, 1.165) is 0 Å². The maximum absolute atomic E-state index is 9.93. The summed E-state index contributed by atoms with van der Waals surface area (Å²) in [5, 5.41) is 9.93. The Labute approximate surface area is 102 Å². The minimum absolute atomic E-state index is 0. The van der Waals surface area contributed by atoms with Gasteiger partial charge < -0.3 is 32.7 Å². The zero-order valence-corrected chi connectivity index (χ0v) is 10.5. The molecule has 5 heteroatoms. The van der Waals surface area contributed by atoms with Crippen molar-refractivity contribution in [2.45, 2.75) is 19.1 Å². The minimum atomic E-state index is -0.643. The topological polar surface area (TPSA) is 66.3 Å². The molecule has 1 aromatic rings. The summed E-state index contributed by atoms with van der Waals surface area (Å²) in [6.07, 6.45) is -0.643. The van der Waals surface area contributed by atoms with Crippen LogP contribution in [0.2, 0.25) is 0 Å². The molecule has 0 bridgehead atoms. The van der Waals surface area contributed by atoms with Gasteiger partial charge in [0.1, 0.15) is 23.6 Å². The first-order valence-electron chi connectivity index (χ1n) is 4.83. The van der Waals surface area contributed by atoms with Crippen LogP contribution >= 0.6 is 0 Å². The third-order valence-electron chi connectivity index (χ3n) is 2.29. The molecular formula is C11H18ClNO3. The Hall–Kier alpha value is -0.970. The van der Waals surface area contributed by atoms with Crippen molar-refractivity contribution in [1.29, 1.82) is 0 Å². The van der Waals surface area contributed by atoms with Gasteiger partial charge in [-0.15, -0.1) is 0 Å². The van der Waals surface area contributed by atoms with Crippen LogP contribution in [-0.4, -0.2) is 25.4 Å². The van der Waals surface area contributed by atoms with E-state index >= 15 is 0 Å². The van der Waals surface area contributed by atoms with Gasteiger partial charge >= 0.3 is 0 Å². The van der Waals surface area contributed by atoms with E-state index in [1.54, 1.807) is 32.4 Å². The number of rotatable bonds is 4. The molecule has 0 radical (unpaired) electrons. The fourth-order valence-electron chi connectivity index (χ4n) is 1.38. The van der Waals surface area contributed by atoms with Gasteiger partial charge in [0.25, 0.3) is 0 Å². The summed E-state index contributed by atoms with van der Waals surface area (Å²) in [5.74, 6) is 1.35. The molecule has 1 aromatic carbocycles. The zero-order valence-electron chi connectivity index (χ0n) is 9.74. The molecule has 1 rings (SSSR count). The summed E-state index contributed by atoms with van der Waals surface area (Å²) in [6, 6.07) is 5.24. The predicted octanol–water partition coefficient (Wildman–Crippen LogP) is -2.63. The van der Waals surface area contributed by atoms with E-state index in [4.69, 9.17) is 9.47 Å². The van der Waals surface area contributed by atoms with Gasteiger partial charge in [-0.1, -0.05) is 0 Å². The Morgan fingerprint density at radius 1 is 1.25 bits per heavy atom. The second-order valence-electron chi connectivity index (χ2n) is 3.53. The van der Waals surface area contributed by atoms with E-state index in [9.17, 15) is 5.11 Å². The van der Waals surface area contributed by atoms with E-state index < -0.39 is 6.10 Å². The molecule has 2 atom stereocenters. The number of aliphatic hydroxyl groups excluding tert-OH is 1. The molecular weight excluding hydrogens is 230 g/mol. The highest BCUT2D eigenvalue weighted by molar-refractivity contribution is 5.41. The fraction of sp³-hybridized carbons (Fsp3) is 0.455. The largest absolute Gasteiger partial charge is 1.00 e. The first-order valence-corrected chi connectivity index (χ1v) is 4.83. The van der Waals surface area contributed by atoms with Crippen LogP contribution < -0.4 is 27.6 Å². The van der Waals surface area contributed by atoms with Crippen LogP contribution in [0.25, 0.3) is 0 Å². The van der Waals surface area contributed by atoms with Gasteiger partial charge in [-0.3, -0.25) is 0 Å². The Kier molecular flexibility index (Phi) is 6.18. The smallest absolute Gasteiger partial charge is 0.134 e. The van der Waals surface area contributed by atoms with Crippen molar-refractivity contribution >= 4 is 0 Å². The number of quaternary nitrogens is 1. The molecule has 0 saturated carbocycles. The summed E-state index contributed by atoms with van der Waals surface area (Å²) in [7, 11) is 3.16. The second kappa shape index (κ2) is 6.58. The second-order valence-corrected chi connectivity index (χ2v) is 3.53. The summed E-state index contributed by atoms with van der Waals surface area (Å²) in [4.78, 5) is 0. The lowest BCUT2D eigenvalue weighted by atomic mass is 10.0. The Morgan fingerprint density at radius 3 is 2.31 bits per heavy atom. The zero-order chi connectivity index (χ0) is 11.4. The monoisotopic (exact) mass is 247 g/mol. The lowest BCUT2D eigenvalue weighted by molar-refractivity contribution is -0.433. The number of hydrogen-bond acceptors (Lipinski definition) is 3. The number of methoxy groups -OCH3 is 2. The normalized spacial score (nSPS) is 13.6. The van der Waals surface area contributed by atoms with Gasteiger partial charge in [-0.2, -0.15) is 0 Å². The Balaban J connectivity index is 0.00000225. The molecule has 92 valence electrons. The molecule has 0 spiro atoms. The number of halogens is 1. The van der Waals surface area contributed by atoms with Gasteiger partial charge in [-0.05, 0) is 25.1 Å². The number of aliphatic hydroxyl groups is 1. The highest BCUT2D eigenvalue weighted by Crippen LogP contribution is 2.29. The summed E-state index contributed by atoms with van der Waals surface area (Å²) < 4.78 is 10.3. The first kappa shape index (κ1) is 15.0. The van der Waals surface area contributed by atoms with Crippen molar-refractivity contribution in [3.63, 3.8) is 0 Å². The molecule has 0 fully saturated rings. The van der Waals surface area contributed by atoms with Gasteiger partial charge in [0, 0.05) is 5.56 Å². The van der Waals surface area contributed by atoms with Crippen molar-refractivity contribution in [3.8, 4) is 11.5 Å². The quantitative estimate of drug-likeness (QED) is 0.612. The standard InChI is InChI=1S/C11H17NO3.ClH/c1-7(12)11(13)9-6-8(14-2)4-5-10(9)15-3;/h4-7,11,13H,12H2,1-3H3;1H/t7-,11-;/m0./s1. The van der Waals surface area contributed by atoms with Crippen LogP contribution in [0.15, 0.2) is 18.2 Å². The molecule has 0 aliphatic heterocycles. The van der Waals surface area contributed by atoms with Crippen LogP contribution in [0.1, 0.15) is 18.6 Å². The van der Waals surface area contributed by atoms with E-state index in [-0.39, 0.29) is 18.4 Å². The maximum Gasteiger partial charge on any atom is 0.134 e. The fourth-order valence-corrected chi connectivity index (χ4v) is 1.38. The summed E-state index contributed by atoms with van der Waals surface area (Å²) in [6.45, 7) is 1.85. The van der Waals surface area contributed by atoms with E-state index in [1.165, 1.54) is 0 Å². The van der Waals surface area contributed by atoms with Crippen LogP contribution in [0.3, 0.4) is 0 Å². The van der Waals surface area contributed by atoms with Crippen molar-refractivity contribution < 1.29 is 32.7 Å². The number of benzene rings is 1. The first-order chi connectivity index (χ1) is 7.10. The molecule has 4 N–H and O–H groups in total. The Bertz CT molecular complexity index is 331. The summed E-state index contributed by atoms with van der Waals surface area (Å²) in [5.41, 5.74) is 4.51. The molecule has 4 nitrogen and oxygen atoms in total. The molecule has 0 saturated heterocycles. The molecule has 0 aliphatic carbocycles. The maximum atomic E-state index is 9.93. The molecule has 0 aliphatic rings. The lowest BCUT2D eigenvalue weighted by Gasteiger charge is -2.16. The Morgan fingerprint density at radius 2 is 1.88 bits per heavy atom. The van der Waals surface area contributed by atoms with Crippen LogP contribution in [0.5, 0.6) is 11.5 Å². The SMILES string of the molecule is COc1ccc(OC)c([C@@H](O)[C@H](C)[NH3+])c1.[Cl-]. The molecule has 0 unspecified atom stereocenters. The van der Waals surface area contributed by atoms with Crippen molar-refractivity contribution in [2.75, 3.05) is 14.2 Å². The van der Waals surface area contributed by atoms with E-state index in [1.807, 2.05) is 6.92 Å². The van der Waals surface area contributed by atoms with Crippen molar-refractivity contribution in [2.24, 2.45) is 0 Å². The predicted molar refractivity (Wildman–Crippen MR) is 56.9 cm³/mol. The highest BCUT2D eigenvalue weighted by Gasteiger charge is 2.20. The number of hydrogen-bond donors (Lipinski definition) is 2. The van der Waals surface area contributed by atoms with Crippen molar-refractivity contribution in [1.82, 2.24) is 0 Å². The van der Waals surface area contributed by atoms with E-state index in [2.05, 4.69) is 5.73 Å². The molecule has 16 heavy (non-hydrogen) atoms. The minimum Gasteiger partial charge on any atom is -1.00 e. The van der Waals surface area contributed by atoms with Crippen molar-refractivity contribution in [3.05, 3.63) is 23.8 Å². The van der Waals surface area contributed by atoms with Gasteiger partial charge in [0.15, 0.2) is 0 Å². The van der Waals surface area contributed by atoms with Crippen LogP contribution in [0.4, 0.5) is 0 Å². The van der Waals surface area contributed by atoms with Gasteiger partial charge in [-0.25, -0.2) is 0 Å². The summed E-state index contributed by atoms with van der Waals surface area (Å²) >= 11 is 0. The van der Waals surface area contributed by atoms with E-state index in [0.29, 0.717) is 17.1 Å². The number of ether oxygens (including phenoxy) is 2. The average Bonchev–Trinajstić information content (AvgIpc) is 2.27. The van der Waals surface area contributed by atoms with Gasteiger partial charge in [0.2, 0.25) is 0 Å².